The predicted octanol–water partition coefficient (Wildman–Crippen LogP) is 17.5. The molecule has 760 valence electrons. The van der Waals surface area contributed by atoms with Crippen molar-refractivity contribution in [3.05, 3.63) is 270 Å². The van der Waals surface area contributed by atoms with Crippen LogP contribution in [0.3, 0.4) is 0 Å². The monoisotopic (exact) mass is 2120 g/mol. The van der Waals surface area contributed by atoms with E-state index in [4.69, 9.17) is 57.9 Å². The van der Waals surface area contributed by atoms with E-state index in [0.717, 1.165) is 186 Å². The normalized spacial score (nSPS) is 15.2. The van der Waals surface area contributed by atoms with Gasteiger partial charge in [0.1, 0.15) is 65.8 Å². The van der Waals surface area contributed by atoms with Gasteiger partial charge in [-0.2, -0.15) is 29.7 Å². The van der Waals surface area contributed by atoms with Crippen LogP contribution in [0.2, 0.25) is 10.0 Å². The van der Waals surface area contributed by atoms with E-state index in [0.29, 0.717) is 80.4 Å². The zero-order chi connectivity index (χ0) is 103. The molecule has 5 aliphatic rings. The van der Waals surface area contributed by atoms with Crippen molar-refractivity contribution in [2.45, 2.75) is 126 Å². The third-order valence-electron chi connectivity index (χ3n) is 23.4. The Hall–Kier alpha value is -11.4. The number of halogens is 8. The number of aryl methyl sites for hydroxylation is 2. The number of nitrogens with one attached hydrogen (secondary N) is 4. The third-order valence-corrected chi connectivity index (χ3v) is 33.6. The van der Waals surface area contributed by atoms with Gasteiger partial charge in [-0.25, -0.2) is 82.6 Å². The molecule has 0 radical (unpaired) electrons. The number of nitrogens with zero attached hydrogens (tertiary/aromatic N) is 11. The summed E-state index contributed by atoms with van der Waals surface area (Å²) in [7, 11) is -19.8. The zero-order valence-corrected chi connectivity index (χ0v) is 84.7. The minimum Gasteiger partial charge on any atom is -0.454 e. The number of hydrogen-bond acceptors (Lipinski definition) is 26. The summed E-state index contributed by atoms with van der Waals surface area (Å²) in [5.41, 5.74) is 2.54. The molecule has 0 aliphatic carbocycles. The first-order valence-electron chi connectivity index (χ1n) is 45.6. The fourth-order valence-electron chi connectivity index (χ4n) is 15.7. The number of likely N-dealkylation sites (tertiary alicyclic amines) is 3. The van der Waals surface area contributed by atoms with Crippen LogP contribution in [-0.2, 0) is 50.1 Å². The second kappa shape index (κ2) is 52.4. The lowest BCUT2D eigenvalue weighted by Crippen LogP contribution is -2.46. The Morgan fingerprint density at radius 1 is 0.434 bits per heavy atom. The number of piperazine rings is 1. The summed E-state index contributed by atoms with van der Waals surface area (Å²) in [5.74, 6) is -6.52. The van der Waals surface area contributed by atoms with E-state index in [1.165, 1.54) is 106 Å². The molecule has 143 heavy (non-hydrogen) atoms. The van der Waals surface area contributed by atoms with Crippen LogP contribution < -0.4 is 38.4 Å². The van der Waals surface area contributed by atoms with Gasteiger partial charge in [0, 0.05) is 136 Å². The highest BCUT2D eigenvalue weighted by Gasteiger charge is 2.37. The Balaban J connectivity index is 0.000000171. The SMILES string of the molecule is CCN(CC)CCNS(=O)(=O)c1cc(C#N)ccc1Oc1cc(F)ccc1F.Cc1ccc(C)c(Sc2ccc(C#N)cc2S(=O)(=O)N2CCNCC2)c1.N#Cc1ccc(Oc2cc(F)ccc2F)c(S(=O)(=O)NCCN2CCCC2)c1.N#Cc1ccc(Oc2cc(F)ccc2F)c(S(=O)(=O)NCCN2CCCCC2)c1.O=[N+]([O-])c1ccc(Oc2cc(Cl)ccc2Cl)c(S(=O)(=O)N2CCC(N3CCCC3)CC2)c1. The van der Waals surface area contributed by atoms with E-state index >= 15 is 0 Å². The Labute approximate surface area is 843 Å². The van der Waals surface area contributed by atoms with Crippen LogP contribution >= 0.6 is 35.0 Å². The number of sulfonamides is 5. The molecule has 10 aromatic rings. The van der Waals surface area contributed by atoms with Crippen molar-refractivity contribution in [3.8, 4) is 70.3 Å². The highest BCUT2D eigenvalue weighted by Crippen LogP contribution is 2.42. The Kier molecular flexibility index (Phi) is 41.0. The lowest BCUT2D eigenvalue weighted by Gasteiger charge is -2.36. The fourth-order valence-corrected chi connectivity index (χ4v) is 24.1. The molecule has 45 heteroatoms. The van der Waals surface area contributed by atoms with E-state index in [1.807, 2.05) is 69.0 Å². The third kappa shape index (κ3) is 31.6. The molecule has 0 amide bonds. The van der Waals surface area contributed by atoms with E-state index in [2.05, 4.69) is 40.2 Å². The van der Waals surface area contributed by atoms with Crippen LogP contribution in [0.25, 0.3) is 0 Å². The Morgan fingerprint density at radius 3 is 1.28 bits per heavy atom. The first-order chi connectivity index (χ1) is 68.2. The van der Waals surface area contributed by atoms with Crippen LogP contribution in [0.1, 0.15) is 105 Å². The summed E-state index contributed by atoms with van der Waals surface area (Å²) in [6.45, 7) is 20.3. The van der Waals surface area contributed by atoms with Crippen molar-refractivity contribution >= 4 is 90.8 Å². The maximum atomic E-state index is 13.9. The van der Waals surface area contributed by atoms with Gasteiger partial charge in [-0.1, -0.05) is 67.4 Å². The summed E-state index contributed by atoms with van der Waals surface area (Å²) in [6, 6.07) is 46.2. The molecular formula is C98H105Cl2F6N15O16S6. The number of non-ortho nitro benzene ring substituents is 1. The minimum atomic E-state index is -4.05. The quantitative estimate of drug-likeness (QED) is 0.0169. The fraction of sp³-hybridized carbons (Fsp3) is 0.347. The average Bonchev–Trinajstić information content (AvgIpc) is 1.27. The van der Waals surface area contributed by atoms with Gasteiger partial charge in [-0.3, -0.25) is 10.1 Å². The van der Waals surface area contributed by atoms with Gasteiger partial charge in [0.2, 0.25) is 50.1 Å². The van der Waals surface area contributed by atoms with Gasteiger partial charge in [0.25, 0.3) is 5.69 Å². The highest BCUT2D eigenvalue weighted by molar-refractivity contribution is 8.00. The summed E-state index contributed by atoms with van der Waals surface area (Å²) >= 11 is 13.6. The lowest BCUT2D eigenvalue weighted by atomic mass is 10.1. The predicted molar refractivity (Wildman–Crippen MR) is 527 cm³/mol. The van der Waals surface area contributed by atoms with Crippen LogP contribution in [-0.4, -0.2) is 212 Å². The number of rotatable bonds is 33. The topological polar surface area (TPSA) is 413 Å². The van der Waals surface area contributed by atoms with E-state index in [1.54, 1.807) is 18.2 Å². The van der Waals surface area contributed by atoms with Gasteiger partial charge < -0.3 is 43.9 Å². The molecule has 10 aromatic carbocycles. The van der Waals surface area contributed by atoms with Gasteiger partial charge >= 0.3 is 0 Å². The van der Waals surface area contributed by atoms with Crippen molar-refractivity contribution in [1.82, 2.24) is 47.7 Å². The summed E-state index contributed by atoms with van der Waals surface area (Å²) < 4.78 is 244. The molecule has 5 saturated heterocycles. The van der Waals surface area contributed by atoms with Gasteiger partial charge in [0.05, 0.1) is 61.4 Å². The number of nitro benzene ring substituents is 1. The molecule has 0 bridgehead atoms. The molecule has 5 fully saturated rings. The molecule has 15 rings (SSSR count). The molecular weight excluding hydrogens is 2020 g/mol. The van der Waals surface area contributed by atoms with Crippen molar-refractivity contribution < 1.29 is 92.3 Å². The number of likely N-dealkylation sites (N-methyl/N-ethyl adjacent to an activating group) is 1. The van der Waals surface area contributed by atoms with Crippen molar-refractivity contribution in [1.29, 1.82) is 21.0 Å². The highest BCUT2D eigenvalue weighted by atomic mass is 35.5. The summed E-state index contributed by atoms with van der Waals surface area (Å²) in [5, 5.41) is 51.6. The van der Waals surface area contributed by atoms with Gasteiger partial charge in [0.15, 0.2) is 34.7 Å². The molecule has 5 heterocycles. The van der Waals surface area contributed by atoms with E-state index in [9.17, 15) is 83.8 Å². The first kappa shape index (κ1) is 112. The van der Waals surface area contributed by atoms with Crippen molar-refractivity contribution in [2.75, 3.05) is 131 Å². The van der Waals surface area contributed by atoms with Gasteiger partial charge in [-0.05, 0) is 262 Å². The van der Waals surface area contributed by atoms with Crippen LogP contribution in [0.5, 0.6) is 46.0 Å². The van der Waals surface area contributed by atoms with Crippen LogP contribution in [0.15, 0.2) is 216 Å². The molecule has 31 nitrogen and oxygen atoms in total. The smallest absolute Gasteiger partial charge is 0.271 e. The lowest BCUT2D eigenvalue weighted by molar-refractivity contribution is -0.385. The summed E-state index contributed by atoms with van der Waals surface area (Å²) in [4.78, 5) is 20.2. The second-order valence-electron chi connectivity index (χ2n) is 33.3. The molecule has 4 N–H and O–H groups in total. The second-order valence-corrected chi connectivity index (χ2v) is 44.2. The van der Waals surface area contributed by atoms with Gasteiger partial charge in [-0.15, -0.1) is 0 Å². The molecule has 0 aromatic heterocycles. The van der Waals surface area contributed by atoms with Crippen LogP contribution in [0, 0.1) is 104 Å². The van der Waals surface area contributed by atoms with Crippen molar-refractivity contribution in [3.63, 3.8) is 0 Å². The maximum absolute atomic E-state index is 13.9. The number of hydrogen-bond donors (Lipinski definition) is 4. The standard InChI is InChI=1S/C21H23Cl2N3O5S.C20H21F2N3O3S.C19H19F2N3O3S.C19H21F2N3O3S.C19H21N3O2S2/c22-15-3-5-18(23)20(13-15)31-19-6-4-17(26(27)28)14-21(19)32(29,30)25-11-7-16(8-12-25)24-9-1-2-10-24;21-16-5-6-17(22)19(13-16)28-18-7-4-15(14-23)12-20(18)29(26,27)24-8-11-25-9-2-1-3-10-25;20-15-4-5-16(21)18(12-15)27-17-6-3-14(13-22)11-19(17)28(25,26)23-7-10-24-8-1-2-9-24;1-3-24(4-2)10-9-23-28(25,26)19-11-14(13-22)5-8-17(19)27-18-12-15(20)6-7-16(18)21;1-14-3-4-15(2)18(11-14)25-17-6-5-16(13-20)12-19(17)26(23,24)22-9-7-21-8-10-22/h3-6,13-14,16H,1-2,7-12H2;4-7,12-13,24H,1-3,8-11H2;3-6,11-12,23H,1-2,7-10H2;5-8,11-12,23H,3-4,9-10H2,1-2H3;3-6,11-12,21H,7-10H2,1-2H3. The minimum absolute atomic E-state index is 0.0403. The number of nitriles is 4. The molecule has 0 spiro atoms. The summed E-state index contributed by atoms with van der Waals surface area (Å²) in [6.07, 6.45) is 9.36. The molecule has 5 aliphatic heterocycles. The number of benzene rings is 10. The number of piperidine rings is 2. The molecule has 0 saturated carbocycles. The average molecular weight is 2130 g/mol. The number of nitro groups is 1. The van der Waals surface area contributed by atoms with Crippen LogP contribution in [0.4, 0.5) is 32.0 Å². The Morgan fingerprint density at radius 2 is 0.832 bits per heavy atom. The molecule has 0 unspecified atom stereocenters. The first-order valence-corrected chi connectivity index (χ1v) is 54.5. The largest absolute Gasteiger partial charge is 0.454 e. The zero-order valence-electron chi connectivity index (χ0n) is 78.3. The van der Waals surface area contributed by atoms with E-state index in [-0.39, 0.29) is 100 Å². The Bertz CT molecular complexity index is 6830. The molecule has 0 atom stereocenters. The van der Waals surface area contributed by atoms with E-state index < -0.39 is 107 Å². The van der Waals surface area contributed by atoms with Crippen molar-refractivity contribution in [2.24, 2.45) is 0 Å². The maximum Gasteiger partial charge on any atom is 0.271 e. The number of ether oxygens (including phenoxy) is 4.